The Morgan fingerprint density at radius 1 is 1.75 bits per heavy atom. The van der Waals surface area contributed by atoms with E-state index >= 15 is 0 Å². The van der Waals surface area contributed by atoms with Gasteiger partial charge >= 0.3 is 5.69 Å². The molecule has 0 atom stereocenters. The molecule has 0 amide bonds. The van der Waals surface area contributed by atoms with Gasteiger partial charge in [0.1, 0.15) is 0 Å². The molecule has 0 fully saturated rings. The number of nitro groups is 1. The molecule has 0 saturated heterocycles. The minimum absolute atomic E-state index is 0.0353. The number of aromatic nitrogens is 1. The van der Waals surface area contributed by atoms with Crippen molar-refractivity contribution in [3.63, 3.8) is 0 Å². The fourth-order valence-electron chi connectivity index (χ4n) is 0.760. The molecular formula is C6H6BrN3O2. The average molecular weight is 232 g/mol. The van der Waals surface area contributed by atoms with Crippen LogP contribution in [0.1, 0.15) is 0 Å². The zero-order chi connectivity index (χ0) is 9.14. The molecule has 64 valence electrons. The van der Waals surface area contributed by atoms with Gasteiger partial charge in [-0.05, 0) is 15.9 Å². The van der Waals surface area contributed by atoms with Gasteiger partial charge in [-0.15, -0.1) is 0 Å². The summed E-state index contributed by atoms with van der Waals surface area (Å²) in [6.45, 7) is 0. The third kappa shape index (κ3) is 1.70. The SMILES string of the molecule is CNc1ncc(Br)cc1[N+](=O)[O-]. The molecule has 0 aliphatic heterocycles. The summed E-state index contributed by atoms with van der Waals surface area (Å²) in [5.74, 6) is 0.267. The van der Waals surface area contributed by atoms with E-state index in [1.54, 1.807) is 7.05 Å². The minimum Gasteiger partial charge on any atom is -0.367 e. The number of hydrogen-bond acceptors (Lipinski definition) is 4. The summed E-state index contributed by atoms with van der Waals surface area (Å²) in [6, 6.07) is 1.40. The highest BCUT2D eigenvalue weighted by Crippen LogP contribution is 2.24. The minimum atomic E-state index is -0.483. The van der Waals surface area contributed by atoms with Gasteiger partial charge in [0.2, 0.25) is 5.82 Å². The highest BCUT2D eigenvalue weighted by Gasteiger charge is 2.13. The van der Waals surface area contributed by atoms with Crippen LogP contribution in [0, 0.1) is 10.1 Å². The Kier molecular flexibility index (Phi) is 2.59. The molecule has 1 rings (SSSR count). The second-order valence-corrected chi connectivity index (χ2v) is 2.94. The number of rotatable bonds is 2. The second kappa shape index (κ2) is 3.48. The first-order chi connectivity index (χ1) is 5.65. The molecule has 1 aromatic rings. The van der Waals surface area contributed by atoms with Crippen molar-refractivity contribution in [1.82, 2.24) is 4.98 Å². The fraction of sp³-hybridized carbons (Fsp3) is 0.167. The molecule has 1 N–H and O–H groups in total. The van der Waals surface area contributed by atoms with Crippen molar-refractivity contribution >= 4 is 27.4 Å². The van der Waals surface area contributed by atoms with E-state index in [-0.39, 0.29) is 11.5 Å². The largest absolute Gasteiger partial charge is 0.367 e. The van der Waals surface area contributed by atoms with Gasteiger partial charge in [-0.3, -0.25) is 10.1 Å². The number of nitrogens with zero attached hydrogens (tertiary/aromatic N) is 2. The molecule has 5 nitrogen and oxygen atoms in total. The first-order valence-corrected chi connectivity index (χ1v) is 3.92. The lowest BCUT2D eigenvalue weighted by atomic mass is 10.4. The molecule has 0 radical (unpaired) electrons. The molecule has 0 aromatic carbocycles. The van der Waals surface area contributed by atoms with Gasteiger partial charge in [-0.25, -0.2) is 4.98 Å². The Morgan fingerprint density at radius 3 is 2.92 bits per heavy atom. The van der Waals surface area contributed by atoms with Gasteiger partial charge < -0.3 is 5.32 Å². The lowest BCUT2D eigenvalue weighted by Crippen LogP contribution is -1.98. The van der Waals surface area contributed by atoms with Crippen LogP contribution < -0.4 is 5.32 Å². The Hall–Kier alpha value is -1.17. The molecule has 1 aromatic heterocycles. The van der Waals surface area contributed by atoms with E-state index in [0.29, 0.717) is 4.47 Å². The number of anilines is 1. The van der Waals surface area contributed by atoms with Gasteiger partial charge in [0.15, 0.2) is 0 Å². The van der Waals surface area contributed by atoms with Gasteiger partial charge in [0.05, 0.1) is 4.92 Å². The van der Waals surface area contributed by atoms with Crippen LogP contribution >= 0.6 is 15.9 Å². The summed E-state index contributed by atoms with van der Waals surface area (Å²) in [4.78, 5) is 13.8. The molecular weight excluding hydrogens is 226 g/mol. The molecule has 0 spiro atoms. The quantitative estimate of drug-likeness (QED) is 0.623. The zero-order valence-corrected chi connectivity index (χ0v) is 7.83. The molecule has 6 heteroatoms. The first-order valence-electron chi connectivity index (χ1n) is 3.13. The molecule has 0 saturated carbocycles. The van der Waals surface area contributed by atoms with E-state index in [9.17, 15) is 10.1 Å². The molecule has 0 aliphatic rings. The van der Waals surface area contributed by atoms with Crippen LogP contribution in [0.3, 0.4) is 0 Å². The molecule has 0 bridgehead atoms. The normalized spacial score (nSPS) is 9.50. The highest BCUT2D eigenvalue weighted by atomic mass is 79.9. The second-order valence-electron chi connectivity index (χ2n) is 2.03. The Morgan fingerprint density at radius 2 is 2.42 bits per heavy atom. The monoisotopic (exact) mass is 231 g/mol. The van der Waals surface area contributed by atoms with E-state index < -0.39 is 4.92 Å². The Balaban J connectivity index is 3.21. The third-order valence-corrected chi connectivity index (χ3v) is 1.70. The number of halogens is 1. The van der Waals surface area contributed by atoms with Crippen LogP contribution in [-0.4, -0.2) is 17.0 Å². The van der Waals surface area contributed by atoms with Crippen molar-refractivity contribution in [3.05, 3.63) is 26.9 Å². The maximum Gasteiger partial charge on any atom is 0.312 e. The summed E-state index contributed by atoms with van der Waals surface area (Å²) in [6.07, 6.45) is 1.50. The van der Waals surface area contributed by atoms with Crippen molar-refractivity contribution in [1.29, 1.82) is 0 Å². The van der Waals surface area contributed by atoms with Crippen LogP contribution in [0.2, 0.25) is 0 Å². The van der Waals surface area contributed by atoms with Crippen molar-refractivity contribution in [2.24, 2.45) is 0 Å². The maximum absolute atomic E-state index is 10.4. The highest BCUT2D eigenvalue weighted by molar-refractivity contribution is 9.10. The van der Waals surface area contributed by atoms with Crippen molar-refractivity contribution in [3.8, 4) is 0 Å². The lowest BCUT2D eigenvalue weighted by molar-refractivity contribution is -0.384. The summed E-state index contributed by atoms with van der Waals surface area (Å²) < 4.78 is 0.591. The smallest absolute Gasteiger partial charge is 0.312 e. The summed E-state index contributed by atoms with van der Waals surface area (Å²) in [5.41, 5.74) is -0.0353. The lowest BCUT2D eigenvalue weighted by Gasteiger charge is -1.99. The number of pyridine rings is 1. The van der Waals surface area contributed by atoms with Gasteiger partial charge in [-0.1, -0.05) is 0 Å². The molecule has 0 unspecified atom stereocenters. The third-order valence-electron chi connectivity index (χ3n) is 1.27. The topological polar surface area (TPSA) is 68.1 Å². The number of nitrogens with one attached hydrogen (secondary N) is 1. The Bertz CT molecular complexity index is 316. The van der Waals surface area contributed by atoms with Gasteiger partial charge in [0.25, 0.3) is 0 Å². The first kappa shape index (κ1) is 8.92. The molecule has 0 aliphatic carbocycles. The Labute approximate surface area is 77.1 Å². The maximum atomic E-state index is 10.4. The fourth-order valence-corrected chi connectivity index (χ4v) is 1.08. The van der Waals surface area contributed by atoms with Gasteiger partial charge in [0, 0.05) is 23.8 Å². The van der Waals surface area contributed by atoms with Crippen molar-refractivity contribution in [2.75, 3.05) is 12.4 Å². The predicted molar refractivity (Wildman–Crippen MR) is 48.1 cm³/mol. The zero-order valence-electron chi connectivity index (χ0n) is 6.24. The van der Waals surface area contributed by atoms with Crippen molar-refractivity contribution < 1.29 is 4.92 Å². The molecule has 12 heavy (non-hydrogen) atoms. The number of hydrogen-bond donors (Lipinski definition) is 1. The summed E-state index contributed by atoms with van der Waals surface area (Å²) in [5, 5.41) is 13.1. The summed E-state index contributed by atoms with van der Waals surface area (Å²) >= 11 is 3.10. The van der Waals surface area contributed by atoms with E-state index in [4.69, 9.17) is 0 Å². The van der Waals surface area contributed by atoms with Crippen LogP contribution in [0.15, 0.2) is 16.7 Å². The van der Waals surface area contributed by atoms with Crippen LogP contribution in [0.4, 0.5) is 11.5 Å². The van der Waals surface area contributed by atoms with Crippen LogP contribution in [-0.2, 0) is 0 Å². The standard InChI is InChI=1S/C6H6BrN3O2/c1-8-6-5(10(11)12)2-4(7)3-9-6/h2-3H,1H3,(H,8,9). The van der Waals surface area contributed by atoms with Gasteiger partial charge in [-0.2, -0.15) is 0 Å². The molecule has 1 heterocycles. The van der Waals surface area contributed by atoms with Crippen LogP contribution in [0.25, 0.3) is 0 Å². The average Bonchev–Trinajstić information content (AvgIpc) is 2.04. The van der Waals surface area contributed by atoms with E-state index in [0.717, 1.165) is 0 Å². The predicted octanol–water partition coefficient (Wildman–Crippen LogP) is 1.79. The van der Waals surface area contributed by atoms with E-state index in [2.05, 4.69) is 26.2 Å². The van der Waals surface area contributed by atoms with E-state index in [1.807, 2.05) is 0 Å². The summed E-state index contributed by atoms with van der Waals surface area (Å²) in [7, 11) is 1.59. The van der Waals surface area contributed by atoms with Crippen LogP contribution in [0.5, 0.6) is 0 Å². The van der Waals surface area contributed by atoms with Crippen molar-refractivity contribution in [2.45, 2.75) is 0 Å². The van der Waals surface area contributed by atoms with E-state index in [1.165, 1.54) is 12.3 Å².